The van der Waals surface area contributed by atoms with E-state index in [0.29, 0.717) is 17.9 Å². The molecular formula is C16H22N8O2. The molecule has 0 bridgehead atoms. The largest absolute Gasteiger partial charge is 0.368 e. The summed E-state index contributed by atoms with van der Waals surface area (Å²) in [5.74, 6) is -0.0145. The first kappa shape index (κ1) is 18.9. The standard InChI is InChI=1S/C16H22N8O2/c1-4-10(14(17)25)22-11-8-20-13(15(18)26)16(23-11)21-9-5-6-12(19-7-9)24(2)3/h5-8,10H,4H2,1-3H3,(H2,17,25)(H2,18,26)(H2,21,22,23)/t10-/m1/s1. The van der Waals surface area contributed by atoms with Crippen molar-refractivity contribution in [1.82, 2.24) is 15.0 Å². The van der Waals surface area contributed by atoms with E-state index in [9.17, 15) is 9.59 Å². The number of nitrogens with two attached hydrogens (primary N) is 2. The van der Waals surface area contributed by atoms with Crippen LogP contribution in [0.3, 0.4) is 0 Å². The van der Waals surface area contributed by atoms with Gasteiger partial charge in [0, 0.05) is 14.1 Å². The Labute approximate surface area is 151 Å². The smallest absolute Gasteiger partial charge is 0.271 e. The maximum absolute atomic E-state index is 11.6. The molecule has 0 aliphatic rings. The predicted octanol–water partition coefficient (Wildman–Crippen LogP) is 0.456. The van der Waals surface area contributed by atoms with Crippen LogP contribution in [0, 0.1) is 0 Å². The highest BCUT2D eigenvalue weighted by Gasteiger charge is 2.17. The number of primary amides is 2. The fourth-order valence-electron chi connectivity index (χ4n) is 2.14. The summed E-state index contributed by atoms with van der Waals surface area (Å²) in [5.41, 5.74) is 11.3. The number of amides is 2. The third-order valence-corrected chi connectivity index (χ3v) is 3.55. The van der Waals surface area contributed by atoms with Crippen molar-refractivity contribution < 1.29 is 9.59 Å². The number of hydrogen-bond donors (Lipinski definition) is 4. The van der Waals surface area contributed by atoms with E-state index >= 15 is 0 Å². The summed E-state index contributed by atoms with van der Waals surface area (Å²) >= 11 is 0. The van der Waals surface area contributed by atoms with Gasteiger partial charge in [-0.1, -0.05) is 6.92 Å². The summed E-state index contributed by atoms with van der Waals surface area (Å²) in [6.45, 7) is 1.81. The maximum atomic E-state index is 11.6. The summed E-state index contributed by atoms with van der Waals surface area (Å²) in [6, 6.07) is 2.99. The lowest BCUT2D eigenvalue weighted by Crippen LogP contribution is -2.35. The van der Waals surface area contributed by atoms with Crippen LogP contribution >= 0.6 is 0 Å². The van der Waals surface area contributed by atoms with Gasteiger partial charge in [0.25, 0.3) is 5.91 Å². The quantitative estimate of drug-likeness (QED) is 0.531. The topological polar surface area (TPSA) is 152 Å². The molecule has 2 amide bonds. The number of aromatic nitrogens is 3. The molecule has 0 saturated carbocycles. The molecule has 2 heterocycles. The average Bonchev–Trinajstić information content (AvgIpc) is 2.59. The Morgan fingerprint density at radius 3 is 2.42 bits per heavy atom. The third-order valence-electron chi connectivity index (χ3n) is 3.55. The van der Waals surface area contributed by atoms with E-state index in [0.717, 1.165) is 5.82 Å². The molecule has 2 aromatic rings. The van der Waals surface area contributed by atoms with E-state index in [1.165, 1.54) is 6.20 Å². The zero-order valence-electron chi connectivity index (χ0n) is 14.9. The lowest BCUT2D eigenvalue weighted by atomic mass is 10.2. The molecule has 0 aliphatic carbocycles. The molecule has 138 valence electrons. The van der Waals surface area contributed by atoms with E-state index in [1.54, 1.807) is 12.3 Å². The average molecular weight is 358 g/mol. The number of nitrogens with zero attached hydrogens (tertiary/aromatic N) is 4. The van der Waals surface area contributed by atoms with Gasteiger partial charge in [0.1, 0.15) is 17.7 Å². The van der Waals surface area contributed by atoms with Crippen molar-refractivity contribution in [2.24, 2.45) is 11.5 Å². The fourth-order valence-corrected chi connectivity index (χ4v) is 2.14. The van der Waals surface area contributed by atoms with Gasteiger partial charge < -0.3 is 27.0 Å². The normalized spacial score (nSPS) is 11.5. The SMILES string of the molecule is CC[C@@H](Nc1cnc(C(N)=O)c(Nc2ccc(N(C)C)nc2)n1)C(N)=O. The van der Waals surface area contributed by atoms with Gasteiger partial charge >= 0.3 is 0 Å². The van der Waals surface area contributed by atoms with Gasteiger partial charge in [-0.3, -0.25) is 9.59 Å². The van der Waals surface area contributed by atoms with Gasteiger partial charge in [-0.15, -0.1) is 0 Å². The Balaban J connectivity index is 2.30. The van der Waals surface area contributed by atoms with E-state index in [-0.39, 0.29) is 11.5 Å². The van der Waals surface area contributed by atoms with Crippen LogP contribution in [0.15, 0.2) is 24.5 Å². The summed E-state index contributed by atoms with van der Waals surface area (Å²) < 4.78 is 0. The first-order valence-corrected chi connectivity index (χ1v) is 7.95. The van der Waals surface area contributed by atoms with Gasteiger partial charge in [-0.25, -0.2) is 15.0 Å². The number of anilines is 4. The zero-order valence-corrected chi connectivity index (χ0v) is 14.9. The minimum atomic E-state index is -0.730. The van der Waals surface area contributed by atoms with Crippen molar-refractivity contribution in [2.75, 3.05) is 29.6 Å². The summed E-state index contributed by atoms with van der Waals surface area (Å²) in [6.07, 6.45) is 3.40. The molecule has 10 nitrogen and oxygen atoms in total. The highest BCUT2D eigenvalue weighted by Crippen LogP contribution is 2.20. The Morgan fingerprint density at radius 2 is 1.92 bits per heavy atom. The molecule has 0 fully saturated rings. The summed E-state index contributed by atoms with van der Waals surface area (Å²) in [4.78, 5) is 37.4. The molecule has 0 saturated heterocycles. The molecule has 0 aliphatic heterocycles. The second kappa shape index (κ2) is 8.10. The van der Waals surface area contributed by atoms with Crippen LogP contribution in [0.1, 0.15) is 23.8 Å². The number of carbonyl (C=O) groups is 2. The molecule has 6 N–H and O–H groups in total. The van der Waals surface area contributed by atoms with Crippen LogP contribution < -0.4 is 27.0 Å². The zero-order chi connectivity index (χ0) is 19.3. The Kier molecular flexibility index (Phi) is 5.89. The van der Waals surface area contributed by atoms with Gasteiger partial charge in [-0.05, 0) is 18.6 Å². The molecule has 2 aromatic heterocycles. The molecular weight excluding hydrogens is 336 g/mol. The van der Waals surface area contributed by atoms with E-state index < -0.39 is 17.9 Å². The highest BCUT2D eigenvalue weighted by atomic mass is 16.1. The first-order valence-electron chi connectivity index (χ1n) is 7.95. The van der Waals surface area contributed by atoms with Crippen LogP contribution in [0.2, 0.25) is 0 Å². The van der Waals surface area contributed by atoms with Crippen LogP contribution in [-0.2, 0) is 4.79 Å². The number of pyridine rings is 1. The van der Waals surface area contributed by atoms with Crippen LogP contribution in [0.25, 0.3) is 0 Å². The molecule has 1 atom stereocenters. The predicted molar refractivity (Wildman–Crippen MR) is 99.3 cm³/mol. The van der Waals surface area contributed by atoms with Crippen molar-refractivity contribution in [3.63, 3.8) is 0 Å². The second-order valence-corrected chi connectivity index (χ2v) is 5.75. The fraction of sp³-hybridized carbons (Fsp3) is 0.312. The summed E-state index contributed by atoms with van der Waals surface area (Å²) in [5, 5.41) is 5.85. The molecule has 10 heteroatoms. The number of hydrogen-bond acceptors (Lipinski definition) is 8. The highest BCUT2D eigenvalue weighted by molar-refractivity contribution is 5.96. The van der Waals surface area contributed by atoms with Crippen molar-refractivity contribution in [3.05, 3.63) is 30.2 Å². The molecule has 2 rings (SSSR count). The lowest BCUT2D eigenvalue weighted by Gasteiger charge is -2.16. The Bertz CT molecular complexity index is 791. The third kappa shape index (κ3) is 4.56. The van der Waals surface area contributed by atoms with Crippen molar-refractivity contribution >= 4 is 35.0 Å². The number of carbonyl (C=O) groups excluding carboxylic acids is 2. The van der Waals surface area contributed by atoms with Gasteiger partial charge in [0.2, 0.25) is 5.91 Å². The minimum absolute atomic E-state index is 0.0284. The van der Waals surface area contributed by atoms with Crippen molar-refractivity contribution in [1.29, 1.82) is 0 Å². The van der Waals surface area contributed by atoms with Crippen molar-refractivity contribution in [3.8, 4) is 0 Å². The Hall–Kier alpha value is -3.43. The van der Waals surface area contributed by atoms with Crippen LogP contribution in [-0.4, -0.2) is 46.9 Å². The number of rotatable bonds is 8. The van der Waals surface area contributed by atoms with E-state index in [1.807, 2.05) is 32.0 Å². The molecule has 0 aromatic carbocycles. The van der Waals surface area contributed by atoms with Crippen molar-refractivity contribution in [2.45, 2.75) is 19.4 Å². The monoisotopic (exact) mass is 358 g/mol. The van der Waals surface area contributed by atoms with Gasteiger partial charge in [0.05, 0.1) is 18.1 Å². The number of nitrogens with one attached hydrogen (secondary N) is 2. The van der Waals surface area contributed by atoms with Crippen LogP contribution in [0.4, 0.5) is 23.1 Å². The minimum Gasteiger partial charge on any atom is -0.368 e. The summed E-state index contributed by atoms with van der Waals surface area (Å²) in [7, 11) is 3.76. The van der Waals surface area contributed by atoms with E-state index in [2.05, 4.69) is 25.6 Å². The molecule has 0 spiro atoms. The molecule has 0 unspecified atom stereocenters. The second-order valence-electron chi connectivity index (χ2n) is 5.75. The maximum Gasteiger partial charge on any atom is 0.271 e. The van der Waals surface area contributed by atoms with E-state index in [4.69, 9.17) is 11.5 Å². The first-order chi connectivity index (χ1) is 12.3. The molecule has 0 radical (unpaired) electrons. The lowest BCUT2D eigenvalue weighted by molar-refractivity contribution is -0.118. The van der Waals surface area contributed by atoms with Gasteiger partial charge in [-0.2, -0.15) is 0 Å². The molecule has 26 heavy (non-hydrogen) atoms. The van der Waals surface area contributed by atoms with Gasteiger partial charge in [0.15, 0.2) is 11.5 Å². The Morgan fingerprint density at radius 1 is 1.19 bits per heavy atom. The van der Waals surface area contributed by atoms with Crippen LogP contribution in [0.5, 0.6) is 0 Å².